The predicted octanol–water partition coefficient (Wildman–Crippen LogP) is 2.32. The molecule has 0 spiro atoms. The summed E-state index contributed by atoms with van der Waals surface area (Å²) >= 11 is 0. The fraction of sp³-hybridized carbons (Fsp3) is 0.550. The van der Waals surface area contributed by atoms with E-state index < -0.39 is 0 Å². The molecular formula is C20H28N4O3. The monoisotopic (exact) mass is 372 g/mol. The van der Waals surface area contributed by atoms with Crippen molar-refractivity contribution in [2.75, 3.05) is 13.2 Å². The molecule has 7 nitrogen and oxygen atoms in total. The lowest BCUT2D eigenvalue weighted by atomic mass is 9.83. The van der Waals surface area contributed by atoms with Gasteiger partial charge >= 0.3 is 0 Å². The molecule has 1 amide bonds. The molecule has 0 unspecified atom stereocenters. The van der Waals surface area contributed by atoms with E-state index in [4.69, 9.17) is 15.0 Å². The Labute approximate surface area is 159 Å². The van der Waals surface area contributed by atoms with E-state index in [1.165, 1.54) is 0 Å². The fourth-order valence-electron chi connectivity index (χ4n) is 3.39. The first-order valence-electron chi connectivity index (χ1n) is 9.70. The number of benzene rings is 1. The minimum atomic E-state index is -0.0771. The standard InChI is InChI=1S/C20H28N4O3/c1-2-12-26-17-9-8-15(13-16(17)21)19(25)22-11-10-18-23-20(27-24-18)14-6-4-3-5-7-14/h3-7,15-17H,2,8-13,21H2,1H3,(H,22,25)/t15-,16+,17+/m0/s1. The zero-order chi connectivity index (χ0) is 19.1. The van der Waals surface area contributed by atoms with Crippen LogP contribution in [0.3, 0.4) is 0 Å². The topological polar surface area (TPSA) is 103 Å². The van der Waals surface area contributed by atoms with Crippen molar-refractivity contribution in [3.05, 3.63) is 36.2 Å². The molecule has 1 saturated carbocycles. The number of nitrogens with two attached hydrogens (primary N) is 1. The zero-order valence-electron chi connectivity index (χ0n) is 15.8. The first-order chi connectivity index (χ1) is 13.2. The number of nitrogens with one attached hydrogen (secondary N) is 1. The van der Waals surface area contributed by atoms with Gasteiger partial charge in [-0.2, -0.15) is 4.98 Å². The quantitative estimate of drug-likeness (QED) is 0.737. The van der Waals surface area contributed by atoms with E-state index >= 15 is 0 Å². The molecule has 3 N–H and O–H groups in total. The van der Waals surface area contributed by atoms with Crippen LogP contribution in [0.5, 0.6) is 0 Å². The highest BCUT2D eigenvalue weighted by Gasteiger charge is 2.32. The van der Waals surface area contributed by atoms with Crippen molar-refractivity contribution in [1.82, 2.24) is 15.5 Å². The molecule has 3 rings (SSSR count). The van der Waals surface area contributed by atoms with E-state index in [1.54, 1.807) is 0 Å². The minimum absolute atomic E-state index is 0.0474. The number of ether oxygens (including phenoxy) is 1. The Bertz CT molecular complexity index is 719. The maximum absolute atomic E-state index is 12.4. The van der Waals surface area contributed by atoms with Gasteiger partial charge < -0.3 is 20.3 Å². The maximum atomic E-state index is 12.4. The van der Waals surface area contributed by atoms with Gasteiger partial charge in [-0.05, 0) is 37.8 Å². The molecule has 2 aromatic rings. The molecule has 146 valence electrons. The summed E-state index contributed by atoms with van der Waals surface area (Å²) in [5.74, 6) is 1.08. The van der Waals surface area contributed by atoms with Crippen LogP contribution in [0.1, 0.15) is 38.4 Å². The maximum Gasteiger partial charge on any atom is 0.257 e. The molecule has 27 heavy (non-hydrogen) atoms. The molecule has 0 radical (unpaired) electrons. The van der Waals surface area contributed by atoms with Gasteiger partial charge in [0.1, 0.15) is 0 Å². The van der Waals surface area contributed by atoms with Gasteiger partial charge in [0.05, 0.1) is 6.10 Å². The Balaban J connectivity index is 1.42. The van der Waals surface area contributed by atoms with Crippen molar-refractivity contribution in [1.29, 1.82) is 0 Å². The Morgan fingerprint density at radius 1 is 1.33 bits per heavy atom. The highest BCUT2D eigenvalue weighted by Crippen LogP contribution is 2.26. The highest BCUT2D eigenvalue weighted by atomic mass is 16.5. The van der Waals surface area contributed by atoms with Crippen LogP contribution in [0.25, 0.3) is 11.5 Å². The summed E-state index contributed by atoms with van der Waals surface area (Å²) in [6.45, 7) is 3.29. The molecule has 1 aromatic carbocycles. The van der Waals surface area contributed by atoms with E-state index in [0.717, 1.165) is 31.4 Å². The van der Waals surface area contributed by atoms with Gasteiger partial charge in [-0.25, -0.2) is 0 Å². The third-order valence-corrected chi connectivity index (χ3v) is 4.88. The molecule has 1 aliphatic carbocycles. The summed E-state index contributed by atoms with van der Waals surface area (Å²) in [4.78, 5) is 16.8. The summed E-state index contributed by atoms with van der Waals surface area (Å²) in [5.41, 5.74) is 7.07. The van der Waals surface area contributed by atoms with Crippen LogP contribution in [-0.2, 0) is 16.0 Å². The van der Waals surface area contributed by atoms with Crippen LogP contribution in [0.15, 0.2) is 34.9 Å². The first-order valence-corrected chi connectivity index (χ1v) is 9.70. The molecule has 1 aliphatic rings. The second kappa shape index (κ2) is 9.62. The summed E-state index contributed by atoms with van der Waals surface area (Å²) in [7, 11) is 0. The van der Waals surface area contributed by atoms with Gasteiger partial charge in [0.2, 0.25) is 5.91 Å². The van der Waals surface area contributed by atoms with Gasteiger partial charge in [0, 0.05) is 37.1 Å². The normalized spacial score (nSPS) is 22.5. The predicted molar refractivity (Wildman–Crippen MR) is 102 cm³/mol. The molecule has 0 saturated heterocycles. The van der Waals surface area contributed by atoms with Crippen LogP contribution in [0, 0.1) is 5.92 Å². The van der Waals surface area contributed by atoms with Gasteiger partial charge in [0.25, 0.3) is 5.89 Å². The zero-order valence-corrected chi connectivity index (χ0v) is 15.8. The van der Waals surface area contributed by atoms with Crippen LogP contribution >= 0.6 is 0 Å². The van der Waals surface area contributed by atoms with E-state index in [2.05, 4.69) is 22.4 Å². The lowest BCUT2D eigenvalue weighted by Gasteiger charge is -2.33. The number of rotatable bonds is 8. The Kier molecular flexibility index (Phi) is 6.95. The van der Waals surface area contributed by atoms with Gasteiger partial charge in [-0.3, -0.25) is 4.79 Å². The van der Waals surface area contributed by atoms with Crippen molar-refractivity contribution in [2.24, 2.45) is 11.7 Å². The average molecular weight is 372 g/mol. The average Bonchev–Trinajstić information content (AvgIpc) is 3.16. The molecule has 7 heteroatoms. The number of hydrogen-bond donors (Lipinski definition) is 2. The van der Waals surface area contributed by atoms with E-state index in [9.17, 15) is 4.79 Å². The Morgan fingerprint density at radius 2 is 2.15 bits per heavy atom. The second-order valence-electron chi connectivity index (χ2n) is 7.01. The van der Waals surface area contributed by atoms with Gasteiger partial charge in [-0.15, -0.1) is 0 Å². The molecular weight excluding hydrogens is 344 g/mol. The third kappa shape index (κ3) is 5.37. The van der Waals surface area contributed by atoms with Crippen molar-refractivity contribution < 1.29 is 14.1 Å². The van der Waals surface area contributed by atoms with Crippen molar-refractivity contribution >= 4 is 5.91 Å². The van der Waals surface area contributed by atoms with Crippen molar-refractivity contribution in [2.45, 2.75) is 51.2 Å². The van der Waals surface area contributed by atoms with E-state index in [0.29, 0.717) is 31.1 Å². The molecule has 0 aliphatic heterocycles. The third-order valence-electron chi connectivity index (χ3n) is 4.88. The van der Waals surface area contributed by atoms with Crippen LogP contribution in [-0.4, -0.2) is 41.3 Å². The lowest BCUT2D eigenvalue weighted by molar-refractivity contribution is -0.127. The van der Waals surface area contributed by atoms with Crippen LogP contribution in [0.2, 0.25) is 0 Å². The van der Waals surface area contributed by atoms with Crippen LogP contribution in [0.4, 0.5) is 0 Å². The SMILES string of the molecule is CCCO[C@@H]1CC[C@H](C(=O)NCCc2noc(-c3ccccc3)n2)C[C@H]1N. The number of aromatic nitrogens is 2. The van der Waals surface area contributed by atoms with Crippen molar-refractivity contribution in [3.8, 4) is 11.5 Å². The number of hydrogen-bond acceptors (Lipinski definition) is 6. The number of carbonyl (C=O) groups excluding carboxylic acids is 1. The second-order valence-corrected chi connectivity index (χ2v) is 7.01. The molecule has 3 atom stereocenters. The highest BCUT2D eigenvalue weighted by molar-refractivity contribution is 5.78. The molecule has 1 aromatic heterocycles. The molecule has 0 bridgehead atoms. The Hall–Kier alpha value is -2.25. The lowest BCUT2D eigenvalue weighted by Crippen LogP contribution is -2.46. The van der Waals surface area contributed by atoms with Crippen molar-refractivity contribution in [3.63, 3.8) is 0 Å². The molecule has 1 heterocycles. The smallest absolute Gasteiger partial charge is 0.257 e. The summed E-state index contributed by atoms with van der Waals surface area (Å²) < 4.78 is 11.0. The fourth-order valence-corrected chi connectivity index (χ4v) is 3.39. The van der Waals surface area contributed by atoms with Crippen LogP contribution < -0.4 is 11.1 Å². The van der Waals surface area contributed by atoms with E-state index in [-0.39, 0.29) is 24.0 Å². The first kappa shape index (κ1) is 19.5. The molecule has 1 fully saturated rings. The summed E-state index contributed by atoms with van der Waals surface area (Å²) in [6.07, 6.45) is 3.90. The Morgan fingerprint density at radius 3 is 2.89 bits per heavy atom. The number of nitrogens with zero attached hydrogens (tertiary/aromatic N) is 2. The minimum Gasteiger partial charge on any atom is -0.377 e. The largest absolute Gasteiger partial charge is 0.377 e. The summed E-state index contributed by atoms with van der Waals surface area (Å²) in [5, 5.41) is 6.95. The van der Waals surface area contributed by atoms with Gasteiger partial charge in [0.15, 0.2) is 5.82 Å². The summed E-state index contributed by atoms with van der Waals surface area (Å²) in [6, 6.07) is 9.54. The van der Waals surface area contributed by atoms with Gasteiger partial charge in [-0.1, -0.05) is 30.3 Å². The number of amides is 1. The number of carbonyl (C=O) groups is 1. The van der Waals surface area contributed by atoms with E-state index in [1.807, 2.05) is 30.3 Å².